The van der Waals surface area contributed by atoms with Crippen LogP contribution in [0.15, 0.2) is 83.5 Å². The lowest BCUT2D eigenvalue weighted by atomic mass is 9.99. The summed E-state index contributed by atoms with van der Waals surface area (Å²) in [5.74, 6) is 0.530. The molecule has 0 spiro atoms. The first-order valence-corrected chi connectivity index (χ1v) is 6.75. The van der Waals surface area contributed by atoms with Crippen LogP contribution in [-0.2, 0) is 0 Å². The molecular weight excluding hydrogens is 260 g/mol. The van der Waals surface area contributed by atoms with Crippen molar-refractivity contribution in [2.75, 3.05) is 0 Å². The highest BCUT2D eigenvalue weighted by Gasteiger charge is 2.16. The van der Waals surface area contributed by atoms with Crippen LogP contribution in [-0.4, -0.2) is 5.78 Å². The summed E-state index contributed by atoms with van der Waals surface area (Å²) in [6.45, 7) is 0. The van der Waals surface area contributed by atoms with Crippen molar-refractivity contribution in [3.8, 4) is 0 Å². The van der Waals surface area contributed by atoms with Crippen molar-refractivity contribution >= 4 is 17.4 Å². The fourth-order valence-electron chi connectivity index (χ4n) is 2.14. The van der Waals surface area contributed by atoms with E-state index < -0.39 is 0 Å². The molecular formula is C19H14O2. The standard InChI is InChI=1S/C19H14O2/c20-19(16-10-5-2-6-11-16)17(18-12-7-13-21-18)14-15-8-3-1-4-9-15/h1-14H. The van der Waals surface area contributed by atoms with E-state index in [-0.39, 0.29) is 5.78 Å². The van der Waals surface area contributed by atoms with Gasteiger partial charge in [0.15, 0.2) is 5.78 Å². The molecule has 0 N–H and O–H groups in total. The monoisotopic (exact) mass is 274 g/mol. The van der Waals surface area contributed by atoms with E-state index in [9.17, 15) is 4.79 Å². The van der Waals surface area contributed by atoms with Gasteiger partial charge in [-0.25, -0.2) is 0 Å². The Kier molecular flexibility index (Phi) is 3.79. The van der Waals surface area contributed by atoms with E-state index in [4.69, 9.17) is 4.42 Å². The van der Waals surface area contributed by atoms with E-state index >= 15 is 0 Å². The van der Waals surface area contributed by atoms with Gasteiger partial charge in [-0.05, 0) is 23.8 Å². The first-order chi connectivity index (χ1) is 10.3. The lowest BCUT2D eigenvalue weighted by Crippen LogP contribution is -2.01. The van der Waals surface area contributed by atoms with Gasteiger partial charge in [-0.15, -0.1) is 0 Å². The number of benzene rings is 2. The summed E-state index contributed by atoms with van der Waals surface area (Å²) >= 11 is 0. The lowest BCUT2D eigenvalue weighted by molar-refractivity contribution is 0.105. The number of rotatable bonds is 4. The summed E-state index contributed by atoms with van der Waals surface area (Å²) in [4.78, 5) is 12.7. The molecule has 0 radical (unpaired) electrons. The van der Waals surface area contributed by atoms with Gasteiger partial charge in [0.2, 0.25) is 0 Å². The summed E-state index contributed by atoms with van der Waals surface area (Å²) in [5, 5.41) is 0. The third kappa shape index (κ3) is 3.00. The highest BCUT2D eigenvalue weighted by atomic mass is 16.3. The number of ketones is 1. The van der Waals surface area contributed by atoms with Crippen molar-refractivity contribution in [1.29, 1.82) is 0 Å². The zero-order chi connectivity index (χ0) is 14.5. The van der Waals surface area contributed by atoms with Crippen molar-refractivity contribution < 1.29 is 9.21 Å². The minimum Gasteiger partial charge on any atom is -0.464 e. The SMILES string of the molecule is O=C(C(=Cc1ccccc1)c1ccco1)c1ccccc1. The Labute approximate surface area is 123 Å². The van der Waals surface area contributed by atoms with E-state index in [1.165, 1.54) is 0 Å². The predicted molar refractivity (Wildman–Crippen MR) is 83.8 cm³/mol. The van der Waals surface area contributed by atoms with Crippen molar-refractivity contribution in [2.45, 2.75) is 0 Å². The van der Waals surface area contributed by atoms with Crippen molar-refractivity contribution in [1.82, 2.24) is 0 Å². The molecule has 0 amide bonds. The van der Waals surface area contributed by atoms with Gasteiger partial charge in [0, 0.05) is 5.56 Å². The largest absolute Gasteiger partial charge is 0.464 e. The van der Waals surface area contributed by atoms with Crippen LogP contribution in [0.2, 0.25) is 0 Å². The van der Waals surface area contributed by atoms with E-state index in [0.29, 0.717) is 16.9 Å². The number of Topliss-reactive ketones (excluding diaryl/α,β-unsaturated/α-hetero) is 1. The fraction of sp³-hybridized carbons (Fsp3) is 0. The number of allylic oxidation sites excluding steroid dienone is 1. The molecule has 3 aromatic rings. The molecule has 1 heterocycles. The molecule has 21 heavy (non-hydrogen) atoms. The Hall–Kier alpha value is -2.87. The second-order valence-electron chi connectivity index (χ2n) is 4.64. The highest BCUT2D eigenvalue weighted by molar-refractivity contribution is 6.31. The molecule has 0 aliphatic heterocycles. The van der Waals surface area contributed by atoms with Crippen LogP contribution in [0.3, 0.4) is 0 Å². The Balaban J connectivity index is 2.06. The molecule has 0 atom stereocenters. The maximum atomic E-state index is 12.7. The van der Waals surface area contributed by atoms with Crippen molar-refractivity contribution in [2.24, 2.45) is 0 Å². The quantitative estimate of drug-likeness (QED) is 0.509. The minimum atomic E-state index is -0.0468. The normalized spacial score (nSPS) is 11.3. The van der Waals surface area contributed by atoms with E-state index in [2.05, 4.69) is 0 Å². The van der Waals surface area contributed by atoms with E-state index in [1.807, 2.05) is 66.7 Å². The zero-order valence-corrected chi connectivity index (χ0v) is 11.4. The van der Waals surface area contributed by atoms with Gasteiger partial charge in [0.05, 0.1) is 11.8 Å². The maximum absolute atomic E-state index is 12.7. The zero-order valence-electron chi connectivity index (χ0n) is 11.4. The van der Waals surface area contributed by atoms with Crippen LogP contribution in [0.4, 0.5) is 0 Å². The summed E-state index contributed by atoms with van der Waals surface area (Å²) < 4.78 is 5.42. The second-order valence-corrected chi connectivity index (χ2v) is 4.64. The summed E-state index contributed by atoms with van der Waals surface area (Å²) in [5.41, 5.74) is 2.17. The topological polar surface area (TPSA) is 30.2 Å². The Morgan fingerprint density at radius 3 is 2.10 bits per heavy atom. The van der Waals surface area contributed by atoms with Gasteiger partial charge in [-0.1, -0.05) is 60.7 Å². The number of hydrogen-bond acceptors (Lipinski definition) is 2. The molecule has 1 aromatic heterocycles. The van der Waals surface area contributed by atoms with Crippen LogP contribution in [0.25, 0.3) is 11.6 Å². The molecule has 0 bridgehead atoms. The molecule has 0 aliphatic carbocycles. The summed E-state index contributed by atoms with van der Waals surface area (Å²) in [6.07, 6.45) is 3.43. The minimum absolute atomic E-state index is 0.0468. The van der Waals surface area contributed by atoms with Crippen molar-refractivity contribution in [3.63, 3.8) is 0 Å². The maximum Gasteiger partial charge on any atom is 0.196 e. The third-order valence-electron chi connectivity index (χ3n) is 3.18. The first-order valence-electron chi connectivity index (χ1n) is 6.75. The van der Waals surface area contributed by atoms with Gasteiger partial charge in [0.25, 0.3) is 0 Å². The average Bonchev–Trinajstić information content (AvgIpc) is 3.08. The fourth-order valence-corrected chi connectivity index (χ4v) is 2.14. The predicted octanol–water partition coefficient (Wildman–Crippen LogP) is 4.70. The molecule has 2 nitrogen and oxygen atoms in total. The van der Waals surface area contributed by atoms with Crippen LogP contribution in [0.5, 0.6) is 0 Å². The lowest BCUT2D eigenvalue weighted by Gasteiger charge is -2.04. The van der Waals surface area contributed by atoms with Crippen LogP contribution >= 0.6 is 0 Å². The third-order valence-corrected chi connectivity index (χ3v) is 3.18. The number of carbonyl (C=O) groups excluding carboxylic acids is 1. The molecule has 0 saturated carbocycles. The molecule has 3 rings (SSSR count). The van der Waals surface area contributed by atoms with E-state index in [1.54, 1.807) is 18.4 Å². The Morgan fingerprint density at radius 2 is 1.48 bits per heavy atom. The molecule has 0 fully saturated rings. The summed E-state index contributed by atoms with van der Waals surface area (Å²) in [7, 11) is 0. The number of hydrogen-bond donors (Lipinski definition) is 0. The summed E-state index contributed by atoms with van der Waals surface area (Å²) in [6, 6.07) is 22.6. The molecule has 0 aliphatic rings. The molecule has 102 valence electrons. The smallest absolute Gasteiger partial charge is 0.196 e. The van der Waals surface area contributed by atoms with Gasteiger partial charge >= 0.3 is 0 Å². The molecule has 2 heteroatoms. The Morgan fingerprint density at radius 1 is 0.810 bits per heavy atom. The first kappa shape index (κ1) is 13.1. The van der Waals surface area contributed by atoms with Crippen LogP contribution in [0.1, 0.15) is 21.7 Å². The van der Waals surface area contributed by atoms with Crippen LogP contribution in [0, 0.1) is 0 Å². The molecule has 0 unspecified atom stereocenters. The molecule has 2 aromatic carbocycles. The van der Waals surface area contributed by atoms with Gasteiger partial charge in [-0.3, -0.25) is 4.79 Å². The van der Waals surface area contributed by atoms with Crippen molar-refractivity contribution in [3.05, 3.63) is 95.9 Å². The van der Waals surface area contributed by atoms with E-state index in [0.717, 1.165) is 5.56 Å². The number of carbonyl (C=O) groups is 1. The Bertz CT molecular complexity index is 739. The average molecular weight is 274 g/mol. The van der Waals surface area contributed by atoms with Crippen LogP contribution < -0.4 is 0 Å². The second kappa shape index (κ2) is 6.06. The van der Waals surface area contributed by atoms with Gasteiger partial charge in [0.1, 0.15) is 5.76 Å². The highest BCUT2D eigenvalue weighted by Crippen LogP contribution is 2.23. The van der Waals surface area contributed by atoms with Gasteiger partial charge < -0.3 is 4.42 Å². The number of furan rings is 1. The molecule has 0 saturated heterocycles. The van der Waals surface area contributed by atoms with Gasteiger partial charge in [-0.2, -0.15) is 0 Å².